The van der Waals surface area contributed by atoms with E-state index in [1.165, 1.54) is 5.69 Å². The molecule has 0 saturated carbocycles. The van der Waals surface area contributed by atoms with Crippen molar-refractivity contribution in [2.75, 3.05) is 40.7 Å². The van der Waals surface area contributed by atoms with Gasteiger partial charge in [-0.1, -0.05) is 48.5 Å². The Labute approximate surface area is 171 Å². The molecule has 0 atom stereocenters. The highest BCUT2D eigenvalue weighted by atomic mass is 32.2. The van der Waals surface area contributed by atoms with Crippen molar-refractivity contribution in [1.29, 1.82) is 0 Å². The van der Waals surface area contributed by atoms with Gasteiger partial charge in [0.25, 0.3) is 0 Å². The largest absolute Gasteiger partial charge is 0.368 e. The number of nitrogens with one attached hydrogen (secondary N) is 1. The number of piperazine rings is 1. The molecule has 2 heterocycles. The Morgan fingerprint density at radius 1 is 0.793 bits per heavy atom. The van der Waals surface area contributed by atoms with Gasteiger partial charge in [-0.2, -0.15) is 0 Å². The summed E-state index contributed by atoms with van der Waals surface area (Å²) in [5.41, 5.74) is 2.47. The Kier molecular flexibility index (Phi) is 5.67. The summed E-state index contributed by atoms with van der Waals surface area (Å²) in [6, 6.07) is 23.2. The standard InChI is InChI=1S/C22H24N4O2S/c27-29(28,18-19-7-3-1-4-8-19)24-20-11-12-22(23-17-20)26-15-13-25(14-16-26)21-9-5-2-6-10-21/h1-12,17,24H,13-16,18H2. The van der Waals surface area contributed by atoms with Crippen molar-refractivity contribution in [1.82, 2.24) is 4.98 Å². The maximum absolute atomic E-state index is 12.4. The Bertz CT molecular complexity index is 1020. The van der Waals surface area contributed by atoms with Gasteiger partial charge < -0.3 is 9.80 Å². The molecule has 150 valence electrons. The number of benzene rings is 2. The lowest BCUT2D eigenvalue weighted by Gasteiger charge is -2.36. The van der Waals surface area contributed by atoms with Gasteiger partial charge in [0.15, 0.2) is 0 Å². The molecule has 29 heavy (non-hydrogen) atoms. The molecule has 0 spiro atoms. The summed E-state index contributed by atoms with van der Waals surface area (Å²) >= 11 is 0. The predicted octanol–water partition coefficient (Wildman–Crippen LogP) is 3.35. The molecule has 0 radical (unpaired) electrons. The highest BCUT2D eigenvalue weighted by Crippen LogP contribution is 2.20. The summed E-state index contributed by atoms with van der Waals surface area (Å²) in [4.78, 5) is 9.06. The molecule has 0 amide bonds. The number of para-hydroxylation sites is 1. The number of rotatable bonds is 6. The third-order valence-electron chi connectivity index (χ3n) is 4.95. The maximum atomic E-state index is 12.4. The quantitative estimate of drug-likeness (QED) is 0.678. The van der Waals surface area contributed by atoms with Gasteiger partial charge in [0, 0.05) is 31.9 Å². The summed E-state index contributed by atoms with van der Waals surface area (Å²) in [5, 5.41) is 0. The van der Waals surface area contributed by atoms with Crippen LogP contribution in [0.15, 0.2) is 79.0 Å². The molecule has 2 aromatic carbocycles. The number of pyridine rings is 1. The van der Waals surface area contributed by atoms with E-state index in [2.05, 4.69) is 43.8 Å². The molecule has 1 N–H and O–H groups in total. The van der Waals surface area contributed by atoms with Gasteiger partial charge >= 0.3 is 0 Å². The van der Waals surface area contributed by atoms with Gasteiger partial charge in [0.1, 0.15) is 5.82 Å². The molecule has 7 heteroatoms. The van der Waals surface area contributed by atoms with Crippen LogP contribution in [0.1, 0.15) is 5.56 Å². The van der Waals surface area contributed by atoms with E-state index in [9.17, 15) is 8.42 Å². The maximum Gasteiger partial charge on any atom is 0.236 e. The first-order valence-electron chi connectivity index (χ1n) is 9.64. The number of nitrogens with zero attached hydrogens (tertiary/aromatic N) is 3. The van der Waals surface area contributed by atoms with E-state index in [-0.39, 0.29) is 5.75 Å². The molecule has 1 saturated heterocycles. The number of anilines is 3. The van der Waals surface area contributed by atoms with Crippen molar-refractivity contribution in [2.45, 2.75) is 5.75 Å². The Hall–Kier alpha value is -3.06. The van der Waals surface area contributed by atoms with Crippen molar-refractivity contribution >= 4 is 27.2 Å². The zero-order valence-electron chi connectivity index (χ0n) is 16.1. The Morgan fingerprint density at radius 2 is 1.41 bits per heavy atom. The minimum absolute atomic E-state index is 0.0585. The molecule has 6 nitrogen and oxygen atoms in total. The molecule has 1 fully saturated rings. The third kappa shape index (κ3) is 5.06. The van der Waals surface area contributed by atoms with Crippen LogP contribution >= 0.6 is 0 Å². The van der Waals surface area contributed by atoms with Crippen molar-refractivity contribution in [3.63, 3.8) is 0 Å². The second-order valence-corrected chi connectivity index (χ2v) is 8.78. The lowest BCUT2D eigenvalue weighted by atomic mass is 10.2. The molecular formula is C22H24N4O2S. The van der Waals surface area contributed by atoms with Crippen LogP contribution in [0.5, 0.6) is 0 Å². The molecule has 0 bridgehead atoms. The molecule has 1 aliphatic rings. The van der Waals surface area contributed by atoms with Crippen LogP contribution in [0.2, 0.25) is 0 Å². The van der Waals surface area contributed by atoms with Gasteiger partial charge in [-0.15, -0.1) is 0 Å². The van der Waals surface area contributed by atoms with E-state index in [1.54, 1.807) is 24.4 Å². The molecule has 1 aliphatic heterocycles. The van der Waals surface area contributed by atoms with Crippen LogP contribution in [0.25, 0.3) is 0 Å². The molecule has 1 aromatic heterocycles. The van der Waals surface area contributed by atoms with E-state index in [0.717, 1.165) is 37.6 Å². The first-order valence-corrected chi connectivity index (χ1v) is 11.3. The Balaban J connectivity index is 1.35. The lowest BCUT2D eigenvalue weighted by molar-refractivity contribution is 0.600. The van der Waals surface area contributed by atoms with Gasteiger partial charge in [0.2, 0.25) is 10.0 Å². The average Bonchev–Trinajstić information content (AvgIpc) is 2.75. The van der Waals surface area contributed by atoms with Gasteiger partial charge in [-0.3, -0.25) is 4.72 Å². The minimum Gasteiger partial charge on any atom is -0.368 e. The van der Waals surface area contributed by atoms with Crippen molar-refractivity contribution in [2.24, 2.45) is 0 Å². The second kappa shape index (κ2) is 8.53. The summed E-state index contributed by atoms with van der Waals surface area (Å²) in [6.45, 7) is 3.61. The predicted molar refractivity (Wildman–Crippen MR) is 118 cm³/mol. The summed E-state index contributed by atoms with van der Waals surface area (Å²) < 4.78 is 27.4. The van der Waals surface area contributed by atoms with Crippen LogP contribution in [0.4, 0.5) is 17.2 Å². The van der Waals surface area contributed by atoms with Crippen LogP contribution in [-0.2, 0) is 15.8 Å². The normalized spacial score (nSPS) is 14.6. The van der Waals surface area contributed by atoms with Crippen LogP contribution in [0, 0.1) is 0 Å². The van der Waals surface area contributed by atoms with E-state index < -0.39 is 10.0 Å². The van der Waals surface area contributed by atoms with Gasteiger partial charge in [0.05, 0.1) is 17.6 Å². The molecule has 0 aliphatic carbocycles. The van der Waals surface area contributed by atoms with Crippen LogP contribution in [-0.4, -0.2) is 39.6 Å². The highest BCUT2D eigenvalue weighted by Gasteiger charge is 2.18. The van der Waals surface area contributed by atoms with Crippen molar-refractivity contribution in [3.8, 4) is 0 Å². The fraction of sp³-hybridized carbons (Fsp3) is 0.227. The smallest absolute Gasteiger partial charge is 0.236 e. The first kappa shape index (κ1) is 19.3. The van der Waals surface area contributed by atoms with E-state index in [0.29, 0.717) is 5.69 Å². The van der Waals surface area contributed by atoms with E-state index in [4.69, 9.17) is 0 Å². The lowest BCUT2D eigenvalue weighted by Crippen LogP contribution is -2.46. The second-order valence-electron chi connectivity index (χ2n) is 7.06. The fourth-order valence-electron chi connectivity index (χ4n) is 3.48. The minimum atomic E-state index is -3.47. The zero-order chi connectivity index (χ0) is 20.1. The summed E-state index contributed by atoms with van der Waals surface area (Å²) in [7, 11) is -3.47. The number of hydrogen-bond acceptors (Lipinski definition) is 5. The topological polar surface area (TPSA) is 65.5 Å². The van der Waals surface area contributed by atoms with E-state index in [1.807, 2.05) is 30.3 Å². The number of hydrogen-bond donors (Lipinski definition) is 1. The SMILES string of the molecule is O=S(=O)(Cc1ccccc1)Nc1ccc(N2CCN(c3ccccc3)CC2)nc1. The van der Waals surface area contributed by atoms with Crippen LogP contribution < -0.4 is 14.5 Å². The fourth-order valence-corrected chi connectivity index (χ4v) is 4.66. The molecule has 0 unspecified atom stereocenters. The molecule has 4 rings (SSSR count). The molecule has 3 aromatic rings. The van der Waals surface area contributed by atoms with E-state index >= 15 is 0 Å². The Morgan fingerprint density at radius 3 is 2.03 bits per heavy atom. The zero-order valence-corrected chi connectivity index (χ0v) is 16.9. The van der Waals surface area contributed by atoms with Crippen LogP contribution in [0.3, 0.4) is 0 Å². The average molecular weight is 409 g/mol. The summed E-state index contributed by atoms with van der Waals surface area (Å²) in [5.74, 6) is 0.806. The highest BCUT2D eigenvalue weighted by molar-refractivity contribution is 7.91. The third-order valence-corrected chi connectivity index (χ3v) is 6.21. The number of aromatic nitrogens is 1. The van der Waals surface area contributed by atoms with Gasteiger partial charge in [-0.25, -0.2) is 13.4 Å². The van der Waals surface area contributed by atoms with Crippen molar-refractivity contribution < 1.29 is 8.42 Å². The first-order chi connectivity index (χ1) is 14.1. The number of sulfonamides is 1. The van der Waals surface area contributed by atoms with Crippen molar-refractivity contribution in [3.05, 3.63) is 84.6 Å². The molecular weight excluding hydrogens is 384 g/mol. The monoisotopic (exact) mass is 408 g/mol. The van der Waals surface area contributed by atoms with Gasteiger partial charge in [-0.05, 0) is 29.8 Å². The summed E-state index contributed by atoms with van der Waals surface area (Å²) in [6.07, 6.45) is 1.58.